The van der Waals surface area contributed by atoms with Crippen LogP contribution in [0.5, 0.6) is 0 Å². The standard InChI is InChI=1S/Ag.HNO3.NO2/c;2-1(3)4;2-1-3/h;(H,2,3,4);. The van der Waals surface area contributed by atoms with Crippen LogP contribution >= 0.6 is 0 Å². The van der Waals surface area contributed by atoms with Crippen LogP contribution in [0.15, 0.2) is 0 Å². The van der Waals surface area contributed by atoms with Crippen molar-refractivity contribution in [3.8, 4) is 0 Å². The molecule has 8 heteroatoms. The van der Waals surface area contributed by atoms with Gasteiger partial charge in [-0.25, -0.2) is 0 Å². The Balaban J connectivity index is 0. The van der Waals surface area contributed by atoms with Gasteiger partial charge in [0, 0.05) is 0 Å². The molecule has 0 heterocycles. The Morgan fingerprint density at radius 1 is 1.38 bits per heavy atom. The van der Waals surface area contributed by atoms with E-state index in [1.807, 2.05) is 21.3 Å². The summed E-state index contributed by atoms with van der Waals surface area (Å²) in [5, 5.41) is 22.4. The summed E-state index contributed by atoms with van der Waals surface area (Å²) in [6.07, 6.45) is 0. The molecule has 0 aliphatic rings. The van der Waals surface area contributed by atoms with Crippen molar-refractivity contribution in [3.63, 3.8) is 0 Å². The van der Waals surface area contributed by atoms with E-state index in [0.29, 0.717) is 0 Å². The molecule has 0 aromatic carbocycles. The number of hydrogen-bond acceptors (Lipinski definition) is 4. The van der Waals surface area contributed by atoms with E-state index < -0.39 is 8.41 Å². The van der Waals surface area contributed by atoms with Gasteiger partial charge in [0.05, 0.1) is 0 Å². The van der Waals surface area contributed by atoms with E-state index in [-0.39, 0.29) is 0 Å². The fourth-order valence-electron chi connectivity index (χ4n) is 0. The van der Waals surface area contributed by atoms with Crippen LogP contribution in [0.25, 0.3) is 0 Å². The van der Waals surface area contributed by atoms with Crippen LogP contribution in [0.2, 0.25) is 0 Å². The first kappa shape index (κ1) is 10.3. The predicted octanol–water partition coefficient (Wildman–Crippen LogP) is -0.623. The zero-order valence-corrected chi connectivity index (χ0v) is 4.76. The van der Waals surface area contributed by atoms with Gasteiger partial charge in [-0.3, -0.25) is 0 Å². The van der Waals surface area contributed by atoms with Crippen LogP contribution in [0.1, 0.15) is 0 Å². The van der Waals surface area contributed by atoms with Crippen molar-refractivity contribution >= 4 is 0 Å². The van der Waals surface area contributed by atoms with Crippen molar-refractivity contribution in [1.29, 1.82) is 0 Å². The van der Waals surface area contributed by atoms with Crippen LogP contribution < -0.4 is 0 Å². The maximum atomic E-state index is 8.72. The van der Waals surface area contributed by atoms with E-state index in [2.05, 4.69) is 0 Å². The summed E-state index contributed by atoms with van der Waals surface area (Å²) in [6, 6.07) is 0. The van der Waals surface area contributed by atoms with Gasteiger partial charge >= 0.3 is 34.8 Å². The van der Waals surface area contributed by atoms with Crippen molar-refractivity contribution in [2.75, 3.05) is 0 Å². The molecule has 0 fully saturated rings. The average Bonchev–Trinajstić information content (AvgIpc) is 1.25. The predicted molar refractivity (Wildman–Crippen MR) is 15.8 cm³/mol. The third-order valence-corrected chi connectivity index (χ3v) is 0. The molecule has 1 N–H and O–H groups in total. The Morgan fingerprint density at radius 3 is 1.38 bits per heavy atom. The third-order valence-electron chi connectivity index (χ3n) is 0. The quantitative estimate of drug-likeness (QED) is 0.330. The average molecular weight is 217 g/mol. The van der Waals surface area contributed by atoms with Gasteiger partial charge in [0.15, 0.2) is 0 Å². The SMILES string of the molecule is O=[N+]([O-])O.O=[N+]([O-])[Ag]. The van der Waals surface area contributed by atoms with Crippen molar-refractivity contribution in [1.82, 2.24) is 0 Å². The molecule has 0 aromatic heterocycles. The zero-order chi connectivity index (χ0) is 7.15. The number of rotatable bonds is 0. The molecule has 0 amide bonds. The maximum absolute atomic E-state index is 8.72. The second-order valence-electron chi connectivity index (χ2n) is 0.422. The Labute approximate surface area is 55.8 Å². The summed E-state index contributed by atoms with van der Waals surface area (Å²) >= 11 is 2.01. The van der Waals surface area contributed by atoms with Crippen LogP contribution in [0.4, 0.5) is 0 Å². The molecule has 8 heavy (non-hydrogen) atoms. The van der Waals surface area contributed by atoms with E-state index >= 15 is 0 Å². The number of nitrogens with zero attached hydrogens (tertiary/aromatic N) is 2. The van der Waals surface area contributed by atoms with Crippen LogP contribution in [-0.4, -0.2) is 13.6 Å². The molecule has 0 spiro atoms. The van der Waals surface area contributed by atoms with Crippen molar-refractivity contribution in [3.05, 3.63) is 20.2 Å². The molecule has 0 rings (SSSR count). The molecule has 0 aromatic rings. The van der Waals surface area contributed by atoms with Crippen LogP contribution in [-0.2, 0) is 21.3 Å². The molecule has 7 nitrogen and oxygen atoms in total. The van der Waals surface area contributed by atoms with Crippen LogP contribution in [0.3, 0.4) is 0 Å². The normalized spacial score (nSPS) is 6.25. The molecule has 0 saturated carbocycles. The van der Waals surface area contributed by atoms with Gasteiger partial charge in [0.25, 0.3) is 5.09 Å². The molecular weight excluding hydrogens is 216 g/mol. The molecule has 0 aliphatic carbocycles. The van der Waals surface area contributed by atoms with Crippen molar-refractivity contribution < 1.29 is 34.9 Å². The monoisotopic (exact) mass is 216 g/mol. The Morgan fingerprint density at radius 2 is 1.38 bits per heavy atom. The van der Waals surface area contributed by atoms with E-state index in [4.69, 9.17) is 25.4 Å². The Hall–Kier alpha value is -0.660. The molecule has 0 radical (unpaired) electrons. The van der Waals surface area contributed by atoms with Gasteiger partial charge in [-0.05, 0) is 0 Å². The van der Waals surface area contributed by atoms with Crippen LogP contribution in [0, 0.1) is 20.2 Å². The summed E-state index contributed by atoms with van der Waals surface area (Å²) in [5.41, 5.74) is 0. The topological polar surface area (TPSA) is 107 Å². The second kappa shape index (κ2) is 6.34. The number of nitro groups is 1. The van der Waals surface area contributed by atoms with Gasteiger partial charge in [-0.2, -0.15) is 0 Å². The summed E-state index contributed by atoms with van der Waals surface area (Å²) < 4.78 is -0.690. The summed E-state index contributed by atoms with van der Waals surface area (Å²) in [4.78, 5) is 17.1. The zero-order valence-electron chi connectivity index (χ0n) is 3.28. The van der Waals surface area contributed by atoms with Gasteiger partial charge in [0.1, 0.15) is 0 Å². The van der Waals surface area contributed by atoms with E-state index in [9.17, 15) is 0 Å². The summed E-state index contributed by atoms with van der Waals surface area (Å²) in [7, 11) is 0. The first-order valence-electron chi connectivity index (χ1n) is 1.07. The fraction of sp³-hybridized carbons (Fsp3) is 0. The fourth-order valence-corrected chi connectivity index (χ4v) is 0. The van der Waals surface area contributed by atoms with E-state index in [1.165, 1.54) is 0 Å². The van der Waals surface area contributed by atoms with Gasteiger partial charge < -0.3 is 5.21 Å². The molecule has 0 saturated heterocycles. The summed E-state index contributed by atoms with van der Waals surface area (Å²) in [6.45, 7) is 0. The second-order valence-corrected chi connectivity index (χ2v) is 0.964. The Kier molecular flexibility index (Phi) is 8.20. The minimum atomic E-state index is -1.50. The molecule has 0 atom stereocenters. The molecule has 52 valence electrons. The molecular formula is HAgN2O5. The third kappa shape index (κ3) is 231. The van der Waals surface area contributed by atoms with Crippen molar-refractivity contribution in [2.45, 2.75) is 0 Å². The molecule has 0 bridgehead atoms. The Bertz CT molecular complexity index is 68.4. The van der Waals surface area contributed by atoms with Gasteiger partial charge in [0.2, 0.25) is 0 Å². The molecule has 0 aliphatic heterocycles. The first-order chi connectivity index (χ1) is 3.46. The minimum absolute atomic E-state index is 0.690. The van der Waals surface area contributed by atoms with Crippen molar-refractivity contribution in [2.24, 2.45) is 0 Å². The van der Waals surface area contributed by atoms with Gasteiger partial charge in [-0.15, -0.1) is 10.1 Å². The molecule has 0 unspecified atom stereocenters. The van der Waals surface area contributed by atoms with E-state index in [1.54, 1.807) is 0 Å². The first-order valence-corrected chi connectivity index (χ1v) is 1.73. The summed E-state index contributed by atoms with van der Waals surface area (Å²) in [5.74, 6) is 0. The number of hydrogen-bond donors (Lipinski definition) is 1. The van der Waals surface area contributed by atoms with E-state index in [0.717, 1.165) is 0 Å². The van der Waals surface area contributed by atoms with Gasteiger partial charge in [-0.1, -0.05) is 0 Å².